The molecule has 0 aromatic heterocycles. The Hall–Kier alpha value is -3.24. The summed E-state index contributed by atoms with van der Waals surface area (Å²) in [5.41, 5.74) is 5.58. The summed E-state index contributed by atoms with van der Waals surface area (Å²) in [5, 5.41) is 0. The number of benzene rings is 3. The van der Waals surface area contributed by atoms with E-state index in [9.17, 15) is 0 Å². The number of hydrogen-bond donors (Lipinski definition) is 0. The third-order valence-corrected chi connectivity index (χ3v) is 4.27. The van der Waals surface area contributed by atoms with E-state index in [0.29, 0.717) is 0 Å². The van der Waals surface area contributed by atoms with Gasteiger partial charge in [-0.2, -0.15) is 0 Å². The molecule has 1 atom stereocenters. The van der Waals surface area contributed by atoms with Crippen LogP contribution in [0, 0.1) is 18.8 Å². The first-order valence-corrected chi connectivity index (χ1v) is 8.40. The van der Waals surface area contributed by atoms with Crippen molar-refractivity contribution in [2.45, 2.75) is 13.0 Å². The van der Waals surface area contributed by atoms with Gasteiger partial charge in [0, 0.05) is 16.7 Å². The molecule has 1 unspecified atom stereocenters. The van der Waals surface area contributed by atoms with Crippen LogP contribution in [0.5, 0.6) is 0 Å². The normalized spacial score (nSPS) is 15.2. The van der Waals surface area contributed by atoms with Gasteiger partial charge in [0.15, 0.2) is 6.10 Å². The van der Waals surface area contributed by atoms with Crippen molar-refractivity contribution < 1.29 is 4.74 Å². The van der Waals surface area contributed by atoms with Crippen molar-refractivity contribution in [2.75, 3.05) is 0 Å². The molecule has 4 rings (SSSR count). The number of hydrogen-bond acceptors (Lipinski definition) is 1. The van der Waals surface area contributed by atoms with Gasteiger partial charge in [-0.05, 0) is 36.6 Å². The second-order valence-corrected chi connectivity index (χ2v) is 6.14. The van der Waals surface area contributed by atoms with Crippen LogP contribution < -0.4 is 0 Å². The van der Waals surface area contributed by atoms with Crippen LogP contribution in [0.4, 0.5) is 0 Å². The maximum atomic E-state index is 6.23. The van der Waals surface area contributed by atoms with Crippen molar-refractivity contribution in [1.82, 2.24) is 0 Å². The summed E-state index contributed by atoms with van der Waals surface area (Å²) in [4.78, 5) is 0. The number of aryl methyl sites for hydroxylation is 1. The first kappa shape index (κ1) is 15.3. The average molecular weight is 322 g/mol. The molecule has 0 N–H and O–H groups in total. The molecule has 0 aliphatic carbocycles. The zero-order valence-electron chi connectivity index (χ0n) is 14.1. The molecule has 1 nitrogen and oxygen atoms in total. The summed E-state index contributed by atoms with van der Waals surface area (Å²) in [6, 6.07) is 26.7. The molecule has 3 aromatic carbocycles. The van der Waals surface area contributed by atoms with Crippen LogP contribution in [-0.4, -0.2) is 0 Å². The molecule has 0 bridgehead atoms. The zero-order chi connectivity index (χ0) is 17.1. The molecule has 1 heterocycles. The van der Waals surface area contributed by atoms with Gasteiger partial charge in [0.25, 0.3) is 0 Å². The molecule has 3 aromatic rings. The van der Waals surface area contributed by atoms with Crippen molar-refractivity contribution in [3.8, 4) is 11.8 Å². The third kappa shape index (κ3) is 3.34. The van der Waals surface area contributed by atoms with Crippen molar-refractivity contribution in [2.24, 2.45) is 0 Å². The second-order valence-electron chi connectivity index (χ2n) is 6.14. The maximum absolute atomic E-state index is 6.23. The van der Waals surface area contributed by atoms with Crippen LogP contribution >= 0.6 is 0 Å². The lowest BCUT2D eigenvalue weighted by molar-refractivity contribution is 0.222. The summed E-state index contributed by atoms with van der Waals surface area (Å²) >= 11 is 0. The Morgan fingerprint density at radius 1 is 0.800 bits per heavy atom. The first-order valence-electron chi connectivity index (χ1n) is 8.40. The van der Waals surface area contributed by atoms with Gasteiger partial charge in [0.2, 0.25) is 0 Å². The Kier molecular flexibility index (Phi) is 4.11. The highest BCUT2D eigenvalue weighted by atomic mass is 16.5. The Morgan fingerprint density at radius 2 is 1.52 bits per heavy atom. The van der Waals surface area contributed by atoms with Gasteiger partial charge in [-0.3, -0.25) is 0 Å². The van der Waals surface area contributed by atoms with E-state index in [2.05, 4.69) is 61.2 Å². The van der Waals surface area contributed by atoms with Gasteiger partial charge in [0.05, 0.1) is 0 Å². The molecular weight excluding hydrogens is 304 g/mol. The molecule has 25 heavy (non-hydrogen) atoms. The molecule has 0 amide bonds. The van der Waals surface area contributed by atoms with E-state index in [-0.39, 0.29) is 6.10 Å². The smallest absolute Gasteiger partial charge is 0.185 e. The van der Waals surface area contributed by atoms with Gasteiger partial charge in [0.1, 0.15) is 5.76 Å². The van der Waals surface area contributed by atoms with Crippen molar-refractivity contribution >= 4 is 11.8 Å². The van der Waals surface area contributed by atoms with E-state index in [1.54, 1.807) is 0 Å². The van der Waals surface area contributed by atoms with Gasteiger partial charge in [-0.1, -0.05) is 78.2 Å². The average Bonchev–Trinajstić information content (AvgIpc) is 2.68. The fourth-order valence-corrected chi connectivity index (χ4v) is 2.89. The van der Waals surface area contributed by atoms with Gasteiger partial charge in [-0.25, -0.2) is 0 Å². The summed E-state index contributed by atoms with van der Waals surface area (Å²) < 4.78 is 6.23. The van der Waals surface area contributed by atoms with Gasteiger partial charge in [-0.15, -0.1) is 0 Å². The molecule has 0 saturated heterocycles. The molecule has 0 radical (unpaired) electrons. The molecule has 1 aliphatic heterocycles. The van der Waals surface area contributed by atoms with Crippen LogP contribution in [0.1, 0.15) is 33.9 Å². The molecule has 0 spiro atoms. The van der Waals surface area contributed by atoms with E-state index in [1.807, 2.05) is 42.5 Å². The van der Waals surface area contributed by atoms with Crippen LogP contribution in [0.2, 0.25) is 0 Å². The van der Waals surface area contributed by atoms with E-state index in [4.69, 9.17) is 4.74 Å². The lowest BCUT2D eigenvalue weighted by Crippen LogP contribution is -2.08. The highest BCUT2D eigenvalue weighted by Gasteiger charge is 2.21. The Balaban J connectivity index is 1.71. The van der Waals surface area contributed by atoms with Crippen molar-refractivity contribution in [3.63, 3.8) is 0 Å². The van der Waals surface area contributed by atoms with Crippen molar-refractivity contribution in [3.05, 3.63) is 107 Å². The second kappa shape index (κ2) is 6.71. The molecule has 1 aliphatic rings. The number of fused-ring (bicyclic) bond motifs is 1. The number of ether oxygens (including phenoxy) is 1. The standard InChI is InChI=1S/C24H18O/c1-18-11-13-19(14-12-18)15-16-23-22-10-6-5-9-21(22)17-24(25-23)20-7-3-2-4-8-20/h2-14,17,23H,1H3. The molecule has 1 heteroatoms. The third-order valence-electron chi connectivity index (χ3n) is 4.27. The molecule has 120 valence electrons. The maximum Gasteiger partial charge on any atom is 0.185 e. The monoisotopic (exact) mass is 322 g/mol. The Morgan fingerprint density at radius 3 is 2.32 bits per heavy atom. The van der Waals surface area contributed by atoms with Crippen LogP contribution in [0.15, 0.2) is 78.9 Å². The van der Waals surface area contributed by atoms with Gasteiger partial charge < -0.3 is 4.74 Å². The zero-order valence-corrected chi connectivity index (χ0v) is 14.1. The van der Waals surface area contributed by atoms with Gasteiger partial charge >= 0.3 is 0 Å². The van der Waals surface area contributed by atoms with E-state index in [1.165, 1.54) is 5.56 Å². The summed E-state index contributed by atoms with van der Waals surface area (Å²) in [5.74, 6) is 7.42. The molecular formula is C24H18O. The van der Waals surface area contributed by atoms with Crippen LogP contribution in [-0.2, 0) is 4.74 Å². The molecule has 0 fully saturated rings. The predicted molar refractivity (Wildman–Crippen MR) is 103 cm³/mol. The minimum atomic E-state index is -0.266. The highest BCUT2D eigenvalue weighted by Crippen LogP contribution is 2.35. The van der Waals surface area contributed by atoms with E-state index >= 15 is 0 Å². The first-order chi connectivity index (χ1) is 12.3. The fraction of sp³-hybridized carbons (Fsp3) is 0.0833. The topological polar surface area (TPSA) is 9.23 Å². The number of rotatable bonds is 1. The van der Waals surface area contributed by atoms with E-state index < -0.39 is 0 Å². The highest BCUT2D eigenvalue weighted by molar-refractivity contribution is 5.80. The van der Waals surface area contributed by atoms with E-state index in [0.717, 1.165) is 28.0 Å². The SMILES string of the molecule is Cc1ccc(C#CC2OC(c3ccccc3)=Cc3ccccc32)cc1. The van der Waals surface area contributed by atoms with Crippen LogP contribution in [0.25, 0.3) is 11.8 Å². The summed E-state index contributed by atoms with van der Waals surface area (Å²) in [7, 11) is 0. The minimum Gasteiger partial charge on any atom is -0.472 e. The summed E-state index contributed by atoms with van der Waals surface area (Å²) in [6.45, 7) is 2.08. The van der Waals surface area contributed by atoms with Crippen molar-refractivity contribution in [1.29, 1.82) is 0 Å². The predicted octanol–water partition coefficient (Wildman–Crippen LogP) is 5.62. The lowest BCUT2D eigenvalue weighted by atomic mass is 9.97. The lowest BCUT2D eigenvalue weighted by Gasteiger charge is -2.23. The molecule has 0 saturated carbocycles. The summed E-state index contributed by atoms with van der Waals surface area (Å²) in [6.07, 6.45) is 1.83. The minimum absolute atomic E-state index is 0.266. The Bertz CT molecular complexity index is 970. The largest absolute Gasteiger partial charge is 0.472 e. The van der Waals surface area contributed by atoms with Crippen LogP contribution in [0.3, 0.4) is 0 Å². The quantitative estimate of drug-likeness (QED) is 0.529. The fourth-order valence-electron chi connectivity index (χ4n) is 2.89. The Labute approximate surface area is 148 Å².